The Labute approximate surface area is 227 Å². The van der Waals surface area contributed by atoms with E-state index in [9.17, 15) is 4.79 Å². The number of oxime groups is 1. The Balaban J connectivity index is 1.28. The third-order valence-corrected chi connectivity index (χ3v) is 10.5. The molecule has 0 spiro atoms. The number of fused-ring (bicyclic) bond motifs is 1. The van der Waals surface area contributed by atoms with E-state index in [2.05, 4.69) is 38.9 Å². The van der Waals surface area contributed by atoms with E-state index in [1.165, 1.54) is 16.4 Å². The molecular formula is C24H27N6O2S4+. The van der Waals surface area contributed by atoms with E-state index >= 15 is 0 Å². The van der Waals surface area contributed by atoms with Crippen LogP contribution in [0, 0.1) is 5.92 Å². The molecule has 36 heavy (non-hydrogen) atoms. The molecule has 5 rings (SSSR count). The van der Waals surface area contributed by atoms with Gasteiger partial charge in [0.1, 0.15) is 24.4 Å². The Bertz CT molecular complexity index is 1320. The third kappa shape index (κ3) is 5.09. The first-order chi connectivity index (χ1) is 17.5. The number of hydrogen-bond donors (Lipinski definition) is 0. The molecule has 12 heteroatoms. The normalized spacial score (nSPS) is 19.9. The van der Waals surface area contributed by atoms with Gasteiger partial charge in [-0.25, -0.2) is 14.5 Å². The van der Waals surface area contributed by atoms with Gasteiger partial charge >= 0.3 is 0 Å². The maximum Gasteiger partial charge on any atom is 0.234 e. The fourth-order valence-corrected chi connectivity index (χ4v) is 8.22. The van der Waals surface area contributed by atoms with Crippen molar-refractivity contribution < 1.29 is 14.2 Å². The van der Waals surface area contributed by atoms with E-state index < -0.39 is 0 Å². The van der Waals surface area contributed by atoms with Crippen molar-refractivity contribution in [3.05, 3.63) is 51.3 Å². The van der Waals surface area contributed by atoms with Crippen LogP contribution in [0.5, 0.6) is 0 Å². The summed E-state index contributed by atoms with van der Waals surface area (Å²) in [5, 5.41) is 7.41. The number of aryl methyl sites for hydroxylation is 2. The monoisotopic (exact) mass is 559 g/mol. The fourth-order valence-electron chi connectivity index (χ4n) is 4.01. The number of carbonyl (C=O) groups is 1. The molecule has 1 fully saturated rings. The first kappa shape index (κ1) is 25.4. The molecule has 188 valence electrons. The van der Waals surface area contributed by atoms with Crippen LogP contribution in [0.15, 0.2) is 50.0 Å². The summed E-state index contributed by atoms with van der Waals surface area (Å²) in [6, 6.07) is 4.14. The second kappa shape index (κ2) is 11.0. The standard InChI is InChI=1S/C24H27N6O2S4/c1-5-20-26-21(28-36-20)17(27-32-6-2)11-16-22(31)30-14(3)19(13-33-23(16)30)35-24-25-18(12-34-24)15-7-9-29(4)10-8-15/h7-10,12,16,23H,5-6,11,13H2,1-4H3/q+1. The van der Waals surface area contributed by atoms with Gasteiger partial charge in [0, 0.05) is 45.9 Å². The maximum atomic E-state index is 13.2. The van der Waals surface area contributed by atoms with E-state index in [0.717, 1.165) is 38.5 Å². The molecule has 0 aliphatic carbocycles. The smallest absolute Gasteiger partial charge is 0.234 e. The first-order valence-corrected chi connectivity index (χ1v) is 15.3. The lowest BCUT2D eigenvalue weighted by atomic mass is 9.91. The number of hydrogen-bond acceptors (Lipinski definition) is 10. The van der Waals surface area contributed by atoms with Gasteiger partial charge in [-0.1, -0.05) is 23.8 Å². The zero-order chi connectivity index (χ0) is 25.2. The molecule has 0 radical (unpaired) electrons. The number of allylic oxidation sites excluding steroid dienone is 1. The first-order valence-electron chi connectivity index (χ1n) is 11.7. The lowest BCUT2D eigenvalue weighted by Crippen LogP contribution is -2.60. The number of amides is 1. The quantitative estimate of drug-likeness (QED) is 0.162. The highest BCUT2D eigenvalue weighted by Crippen LogP contribution is 2.49. The average molecular weight is 560 g/mol. The van der Waals surface area contributed by atoms with Crippen LogP contribution in [0.2, 0.25) is 0 Å². The SMILES string of the molecule is CCON=C(CC1C(=O)N2C(C)=C(Sc3nc(-c4cc[n+](C)cc4)cs3)CSC12)c1nsc(CC)n1. The molecule has 0 aromatic carbocycles. The minimum Gasteiger partial charge on any atom is -0.396 e. The summed E-state index contributed by atoms with van der Waals surface area (Å²) >= 11 is 6.48. The highest BCUT2D eigenvalue weighted by Gasteiger charge is 2.51. The minimum absolute atomic E-state index is 0.0925. The van der Waals surface area contributed by atoms with Crippen molar-refractivity contribution in [1.29, 1.82) is 0 Å². The van der Waals surface area contributed by atoms with Gasteiger partial charge in [0.15, 0.2) is 22.6 Å². The summed E-state index contributed by atoms with van der Waals surface area (Å²) in [6.07, 6.45) is 5.35. The van der Waals surface area contributed by atoms with E-state index in [1.54, 1.807) is 34.9 Å². The van der Waals surface area contributed by atoms with E-state index in [1.807, 2.05) is 42.8 Å². The molecule has 1 saturated heterocycles. The number of thiazole rings is 1. The minimum atomic E-state index is -0.157. The summed E-state index contributed by atoms with van der Waals surface area (Å²) in [7, 11) is 2.00. The van der Waals surface area contributed by atoms with Gasteiger partial charge < -0.3 is 9.74 Å². The van der Waals surface area contributed by atoms with Gasteiger partial charge in [0.2, 0.25) is 5.91 Å². The van der Waals surface area contributed by atoms with E-state index in [-0.39, 0.29) is 17.2 Å². The summed E-state index contributed by atoms with van der Waals surface area (Å²) < 4.78 is 7.45. The number of thioether (sulfide) groups is 2. The van der Waals surface area contributed by atoms with Crippen LogP contribution in [-0.2, 0) is 23.1 Å². The van der Waals surface area contributed by atoms with Crippen LogP contribution in [0.3, 0.4) is 0 Å². The van der Waals surface area contributed by atoms with Crippen molar-refractivity contribution in [2.45, 2.75) is 43.3 Å². The van der Waals surface area contributed by atoms with Crippen molar-refractivity contribution in [2.75, 3.05) is 12.4 Å². The zero-order valence-electron chi connectivity index (χ0n) is 20.5. The number of pyridine rings is 1. The average Bonchev–Trinajstić information content (AvgIpc) is 3.55. The van der Waals surface area contributed by atoms with Crippen LogP contribution in [0.4, 0.5) is 0 Å². The van der Waals surface area contributed by atoms with Crippen LogP contribution in [0.25, 0.3) is 11.3 Å². The number of β-lactam (4-membered cyclic amide) rings is 1. The highest BCUT2D eigenvalue weighted by atomic mass is 32.2. The molecular weight excluding hydrogens is 533 g/mol. The van der Waals surface area contributed by atoms with Gasteiger partial charge in [-0.05, 0) is 31.8 Å². The Hall–Kier alpha value is -2.28. The van der Waals surface area contributed by atoms with Crippen LogP contribution in [0.1, 0.15) is 38.0 Å². The highest BCUT2D eigenvalue weighted by molar-refractivity contribution is 8.07. The predicted octanol–water partition coefficient (Wildman–Crippen LogP) is 4.73. The largest absolute Gasteiger partial charge is 0.396 e. The molecule has 0 N–H and O–H groups in total. The molecule has 8 nitrogen and oxygen atoms in total. The molecule has 2 aliphatic rings. The lowest BCUT2D eigenvalue weighted by Gasteiger charge is -2.50. The van der Waals surface area contributed by atoms with Crippen molar-refractivity contribution in [2.24, 2.45) is 18.1 Å². The Morgan fingerprint density at radius 2 is 2.11 bits per heavy atom. The summed E-state index contributed by atoms with van der Waals surface area (Å²) in [4.78, 5) is 31.1. The fraction of sp³-hybridized carbons (Fsp3) is 0.417. The summed E-state index contributed by atoms with van der Waals surface area (Å²) in [5.74, 6) is 1.39. The van der Waals surface area contributed by atoms with E-state index in [4.69, 9.17) is 9.82 Å². The van der Waals surface area contributed by atoms with Crippen molar-refractivity contribution in [3.8, 4) is 11.3 Å². The number of rotatable bonds is 9. The summed E-state index contributed by atoms with van der Waals surface area (Å²) in [5.41, 5.74) is 3.76. The zero-order valence-corrected chi connectivity index (χ0v) is 23.8. The number of aromatic nitrogens is 4. The van der Waals surface area contributed by atoms with Crippen LogP contribution in [-0.4, -0.2) is 48.6 Å². The van der Waals surface area contributed by atoms with Gasteiger partial charge in [-0.15, -0.1) is 23.1 Å². The Morgan fingerprint density at radius 3 is 2.83 bits per heavy atom. The number of nitrogens with zero attached hydrogens (tertiary/aromatic N) is 6. The maximum absolute atomic E-state index is 13.2. The molecule has 2 unspecified atom stereocenters. The second-order valence-corrected chi connectivity index (χ2v) is 12.5. The van der Waals surface area contributed by atoms with Gasteiger partial charge in [-0.3, -0.25) is 4.79 Å². The second-order valence-electron chi connectivity index (χ2n) is 8.40. The van der Waals surface area contributed by atoms with Gasteiger partial charge in [0.25, 0.3) is 0 Å². The predicted molar refractivity (Wildman–Crippen MR) is 146 cm³/mol. The van der Waals surface area contributed by atoms with Crippen molar-refractivity contribution in [3.63, 3.8) is 0 Å². The lowest BCUT2D eigenvalue weighted by molar-refractivity contribution is -0.671. The molecule has 1 amide bonds. The molecule has 0 saturated carbocycles. The van der Waals surface area contributed by atoms with Crippen molar-refractivity contribution >= 4 is 58.0 Å². The third-order valence-electron chi connectivity index (χ3n) is 6.02. The molecule has 2 atom stereocenters. The van der Waals surface area contributed by atoms with Crippen molar-refractivity contribution in [1.82, 2.24) is 19.2 Å². The molecule has 2 aliphatic heterocycles. The molecule has 5 heterocycles. The summed E-state index contributed by atoms with van der Waals surface area (Å²) in [6.45, 7) is 6.44. The van der Waals surface area contributed by atoms with Crippen LogP contribution >= 0.6 is 46.4 Å². The Morgan fingerprint density at radius 1 is 1.31 bits per heavy atom. The molecule has 3 aromatic heterocycles. The number of carbonyl (C=O) groups excluding carboxylic acids is 1. The molecule has 0 bridgehead atoms. The molecule has 3 aromatic rings. The van der Waals surface area contributed by atoms with Gasteiger partial charge in [-0.2, -0.15) is 4.37 Å². The Kier molecular flexibility index (Phi) is 7.75. The van der Waals surface area contributed by atoms with Crippen LogP contribution < -0.4 is 4.57 Å². The van der Waals surface area contributed by atoms with E-state index in [0.29, 0.717) is 24.6 Å². The topological polar surface area (TPSA) is 84.5 Å². The van der Waals surface area contributed by atoms with Gasteiger partial charge in [0.05, 0.1) is 17.0 Å².